The molecule has 0 N–H and O–H groups in total. The lowest BCUT2D eigenvalue weighted by Crippen LogP contribution is -2.62. The molecule has 1 aliphatic carbocycles. The summed E-state index contributed by atoms with van der Waals surface area (Å²) in [4.78, 5) is 0. The van der Waals surface area contributed by atoms with E-state index in [4.69, 9.17) is 13.9 Å². The molecule has 3 rings (SSSR count). The minimum absolute atomic E-state index is 0.376. The molecular formula is C23H38O3Si. The molecule has 1 aromatic rings. The summed E-state index contributed by atoms with van der Waals surface area (Å²) in [7, 11) is -1.74. The van der Waals surface area contributed by atoms with E-state index in [0.717, 1.165) is 12.8 Å². The maximum atomic E-state index is 6.72. The van der Waals surface area contributed by atoms with Crippen LogP contribution in [0.3, 0.4) is 0 Å². The van der Waals surface area contributed by atoms with Crippen LogP contribution in [0.5, 0.6) is 0 Å². The van der Waals surface area contributed by atoms with Crippen LogP contribution >= 0.6 is 0 Å². The third-order valence-corrected chi connectivity index (χ3v) is 7.07. The Bertz CT molecular complexity index is 600. The fraction of sp³-hybridized carbons (Fsp3) is 0.739. The van der Waals surface area contributed by atoms with Crippen molar-refractivity contribution >= 4 is 8.32 Å². The molecule has 4 heteroatoms. The van der Waals surface area contributed by atoms with Crippen LogP contribution in [0.15, 0.2) is 30.3 Å². The molecule has 0 radical (unpaired) electrons. The molecule has 152 valence electrons. The normalized spacial score (nSPS) is 34.9. The van der Waals surface area contributed by atoms with Gasteiger partial charge in [-0.05, 0) is 43.5 Å². The molecule has 27 heavy (non-hydrogen) atoms. The Labute approximate surface area is 166 Å². The first-order valence-corrected chi connectivity index (χ1v) is 14.1. The van der Waals surface area contributed by atoms with Crippen LogP contribution in [0.2, 0.25) is 19.6 Å². The van der Waals surface area contributed by atoms with E-state index in [9.17, 15) is 0 Å². The third-order valence-electron chi connectivity index (χ3n) is 6.02. The Hall–Kier alpha value is -0.683. The lowest BCUT2D eigenvalue weighted by atomic mass is 9.72. The summed E-state index contributed by atoms with van der Waals surface area (Å²) in [5, 5.41) is 0. The Morgan fingerprint density at radius 3 is 2.26 bits per heavy atom. The van der Waals surface area contributed by atoms with E-state index < -0.39 is 14.1 Å². The summed E-state index contributed by atoms with van der Waals surface area (Å²) in [6.07, 6.45) is 4.32. The van der Waals surface area contributed by atoms with Gasteiger partial charge in [0.1, 0.15) is 5.60 Å². The second kappa shape index (κ2) is 7.98. The molecule has 2 aliphatic rings. The lowest BCUT2D eigenvalue weighted by Gasteiger charge is -2.54. The summed E-state index contributed by atoms with van der Waals surface area (Å²) in [6.45, 7) is 15.0. The molecule has 1 aliphatic heterocycles. The minimum Gasteiger partial charge on any atom is -0.407 e. The number of ether oxygens (including phenoxy) is 2. The number of rotatable bonds is 5. The Morgan fingerprint density at radius 1 is 1.07 bits per heavy atom. The van der Waals surface area contributed by atoms with Crippen LogP contribution in [-0.2, 0) is 20.3 Å². The number of hydrogen-bond acceptors (Lipinski definition) is 3. The standard InChI is InChI=1S/C23H38O3Si/c1-18(2)21-13-12-19(3)14-23(21)24-16-22(17-25-23,26-27(4,5)6)15-20-10-8-7-9-11-20/h7-11,18-19,21H,12-17H2,1-6H3/t19-,21+,22?,23?/m1/s1. The van der Waals surface area contributed by atoms with Gasteiger partial charge in [-0.1, -0.05) is 57.5 Å². The average molecular weight is 391 g/mol. The average Bonchev–Trinajstić information content (AvgIpc) is 2.57. The van der Waals surface area contributed by atoms with Crippen molar-refractivity contribution in [2.75, 3.05) is 13.2 Å². The second-order valence-corrected chi connectivity index (χ2v) is 14.6. The zero-order valence-corrected chi connectivity index (χ0v) is 19.1. The van der Waals surface area contributed by atoms with Crippen molar-refractivity contribution in [3.8, 4) is 0 Å². The molecule has 1 saturated heterocycles. The van der Waals surface area contributed by atoms with E-state index in [1.54, 1.807) is 0 Å². The summed E-state index contributed by atoms with van der Waals surface area (Å²) in [5.41, 5.74) is 0.913. The monoisotopic (exact) mass is 390 g/mol. The lowest BCUT2D eigenvalue weighted by molar-refractivity contribution is -0.352. The van der Waals surface area contributed by atoms with Crippen molar-refractivity contribution in [1.29, 1.82) is 0 Å². The molecule has 0 bridgehead atoms. The highest BCUT2D eigenvalue weighted by Gasteiger charge is 2.53. The quantitative estimate of drug-likeness (QED) is 0.608. The van der Waals surface area contributed by atoms with Crippen LogP contribution in [0.1, 0.15) is 45.6 Å². The smallest absolute Gasteiger partial charge is 0.184 e. The van der Waals surface area contributed by atoms with Gasteiger partial charge in [0.25, 0.3) is 0 Å². The first-order chi connectivity index (χ1) is 12.6. The molecule has 1 aromatic carbocycles. The maximum Gasteiger partial charge on any atom is 0.184 e. The van der Waals surface area contributed by atoms with Crippen LogP contribution in [0.25, 0.3) is 0 Å². The predicted octanol–water partition coefficient (Wildman–Crippen LogP) is 5.65. The van der Waals surface area contributed by atoms with Crippen molar-refractivity contribution in [3.05, 3.63) is 35.9 Å². The van der Waals surface area contributed by atoms with Crippen molar-refractivity contribution in [1.82, 2.24) is 0 Å². The fourth-order valence-corrected chi connectivity index (χ4v) is 6.49. The number of hydrogen-bond donors (Lipinski definition) is 0. The van der Waals surface area contributed by atoms with Crippen LogP contribution in [0, 0.1) is 17.8 Å². The van der Waals surface area contributed by atoms with E-state index >= 15 is 0 Å². The van der Waals surface area contributed by atoms with Gasteiger partial charge in [0.2, 0.25) is 0 Å². The molecular weight excluding hydrogens is 352 g/mol. The van der Waals surface area contributed by atoms with Gasteiger partial charge in [0, 0.05) is 18.8 Å². The van der Waals surface area contributed by atoms with Crippen LogP contribution in [-0.4, -0.2) is 32.9 Å². The van der Waals surface area contributed by atoms with Crippen molar-refractivity contribution in [3.63, 3.8) is 0 Å². The highest BCUT2D eigenvalue weighted by Crippen LogP contribution is 2.47. The zero-order valence-electron chi connectivity index (χ0n) is 18.1. The van der Waals surface area contributed by atoms with E-state index in [2.05, 4.69) is 70.7 Å². The molecule has 2 fully saturated rings. The van der Waals surface area contributed by atoms with Gasteiger partial charge >= 0.3 is 0 Å². The highest BCUT2D eigenvalue weighted by molar-refractivity contribution is 6.69. The zero-order chi connectivity index (χ0) is 19.7. The van der Waals surface area contributed by atoms with Gasteiger partial charge in [-0.15, -0.1) is 0 Å². The van der Waals surface area contributed by atoms with Crippen LogP contribution in [0.4, 0.5) is 0 Å². The first-order valence-electron chi connectivity index (χ1n) is 10.7. The van der Waals surface area contributed by atoms with Gasteiger partial charge in [0.15, 0.2) is 14.1 Å². The largest absolute Gasteiger partial charge is 0.407 e. The van der Waals surface area contributed by atoms with Crippen LogP contribution < -0.4 is 0 Å². The Kier molecular flexibility index (Phi) is 6.22. The summed E-state index contributed by atoms with van der Waals surface area (Å²) in [5.74, 6) is 1.27. The van der Waals surface area contributed by atoms with Crippen molar-refractivity contribution < 1.29 is 13.9 Å². The first kappa shape index (κ1) is 21.0. The Balaban J connectivity index is 1.82. The summed E-state index contributed by atoms with van der Waals surface area (Å²) >= 11 is 0. The minimum atomic E-state index is -1.74. The number of benzene rings is 1. The van der Waals surface area contributed by atoms with Crippen molar-refractivity contribution in [2.45, 2.75) is 77.5 Å². The molecule has 3 nitrogen and oxygen atoms in total. The molecule has 1 spiro atoms. The van der Waals surface area contributed by atoms with Gasteiger partial charge in [-0.3, -0.25) is 0 Å². The highest BCUT2D eigenvalue weighted by atomic mass is 28.4. The van der Waals surface area contributed by atoms with Crippen molar-refractivity contribution in [2.24, 2.45) is 17.8 Å². The van der Waals surface area contributed by atoms with Gasteiger partial charge < -0.3 is 13.9 Å². The summed E-state index contributed by atoms with van der Waals surface area (Å²) in [6, 6.07) is 10.6. The van der Waals surface area contributed by atoms with E-state index in [1.165, 1.54) is 18.4 Å². The van der Waals surface area contributed by atoms with Gasteiger partial charge in [-0.2, -0.15) is 0 Å². The molecule has 0 unspecified atom stereocenters. The second-order valence-electron chi connectivity index (χ2n) is 10.2. The van der Waals surface area contributed by atoms with Gasteiger partial charge in [-0.25, -0.2) is 0 Å². The summed E-state index contributed by atoms with van der Waals surface area (Å²) < 4.78 is 20.0. The Morgan fingerprint density at radius 2 is 1.70 bits per heavy atom. The van der Waals surface area contributed by atoms with E-state index in [1.807, 2.05) is 0 Å². The molecule has 0 aromatic heterocycles. The van der Waals surface area contributed by atoms with E-state index in [0.29, 0.717) is 31.0 Å². The van der Waals surface area contributed by atoms with E-state index in [-0.39, 0.29) is 5.60 Å². The predicted molar refractivity (Wildman–Crippen MR) is 113 cm³/mol. The molecule has 0 amide bonds. The maximum absolute atomic E-state index is 6.72. The topological polar surface area (TPSA) is 27.7 Å². The third kappa shape index (κ3) is 5.03. The van der Waals surface area contributed by atoms with Gasteiger partial charge in [0.05, 0.1) is 13.2 Å². The molecule has 1 heterocycles. The SMILES string of the molecule is CC(C)[C@@H]1CC[C@@H](C)CC12OCC(Cc1ccccc1)(O[Si](C)(C)C)CO2. The molecule has 1 saturated carbocycles. The fourth-order valence-electron chi connectivity index (χ4n) is 5.00. The molecule has 2 atom stereocenters.